The Kier molecular flexibility index (Phi) is 5.10. The Morgan fingerprint density at radius 2 is 2.18 bits per heavy atom. The summed E-state index contributed by atoms with van der Waals surface area (Å²) in [5, 5.41) is 0. The van der Waals surface area contributed by atoms with E-state index in [2.05, 4.69) is 0 Å². The predicted molar refractivity (Wildman–Crippen MR) is 66.2 cm³/mol. The Labute approximate surface area is 101 Å². The van der Waals surface area contributed by atoms with Gasteiger partial charge in [0.25, 0.3) is 5.91 Å². The summed E-state index contributed by atoms with van der Waals surface area (Å²) in [4.78, 5) is 13.9. The van der Waals surface area contributed by atoms with E-state index in [0.717, 1.165) is 6.42 Å². The van der Waals surface area contributed by atoms with Crippen LogP contribution in [-0.4, -0.2) is 29.9 Å². The number of carbonyl (C=O) groups excluding carboxylic acids is 1. The van der Waals surface area contributed by atoms with E-state index in [-0.39, 0.29) is 11.9 Å². The highest BCUT2D eigenvalue weighted by Gasteiger charge is 2.18. The number of hydrogen-bond acceptors (Lipinski definition) is 2. The van der Waals surface area contributed by atoms with Gasteiger partial charge in [-0.15, -0.1) is 0 Å². The van der Waals surface area contributed by atoms with Crippen LogP contribution in [0, 0.1) is 5.82 Å². The molecule has 3 nitrogen and oxygen atoms in total. The molecule has 0 spiro atoms. The number of benzene rings is 1. The molecule has 1 aromatic rings. The van der Waals surface area contributed by atoms with E-state index in [0.29, 0.717) is 18.7 Å². The fourth-order valence-electron chi connectivity index (χ4n) is 1.64. The highest BCUT2D eigenvalue weighted by Crippen LogP contribution is 2.10. The van der Waals surface area contributed by atoms with Crippen molar-refractivity contribution in [2.45, 2.75) is 26.3 Å². The Hall–Kier alpha value is -1.42. The molecule has 1 aromatic carbocycles. The van der Waals surface area contributed by atoms with Crippen molar-refractivity contribution in [3.8, 4) is 0 Å². The molecule has 0 radical (unpaired) electrons. The molecule has 1 rings (SSSR count). The van der Waals surface area contributed by atoms with Gasteiger partial charge in [-0.1, -0.05) is 6.07 Å². The van der Waals surface area contributed by atoms with Gasteiger partial charge in [0, 0.05) is 18.2 Å². The van der Waals surface area contributed by atoms with Crippen molar-refractivity contribution >= 4 is 5.91 Å². The molecule has 4 heteroatoms. The average molecular weight is 238 g/mol. The van der Waals surface area contributed by atoms with E-state index in [1.54, 1.807) is 17.0 Å². The van der Waals surface area contributed by atoms with Crippen molar-refractivity contribution in [1.82, 2.24) is 4.90 Å². The average Bonchev–Trinajstić information content (AvgIpc) is 2.29. The molecule has 2 N–H and O–H groups in total. The Morgan fingerprint density at radius 3 is 2.71 bits per heavy atom. The SMILES string of the molecule is CC(C)N(CCCN)C(=O)c1cccc(F)c1. The second kappa shape index (κ2) is 6.35. The van der Waals surface area contributed by atoms with Gasteiger partial charge < -0.3 is 10.6 Å². The Bertz CT molecular complexity index is 379. The van der Waals surface area contributed by atoms with Gasteiger partial charge in [0.05, 0.1) is 0 Å². The molecule has 0 aliphatic rings. The second-order valence-corrected chi connectivity index (χ2v) is 4.24. The van der Waals surface area contributed by atoms with Crippen LogP contribution in [0.1, 0.15) is 30.6 Å². The number of halogens is 1. The zero-order chi connectivity index (χ0) is 12.8. The third-order valence-electron chi connectivity index (χ3n) is 2.56. The lowest BCUT2D eigenvalue weighted by molar-refractivity contribution is 0.0704. The van der Waals surface area contributed by atoms with Crippen molar-refractivity contribution in [2.75, 3.05) is 13.1 Å². The van der Waals surface area contributed by atoms with Gasteiger partial charge in [-0.05, 0) is 45.0 Å². The van der Waals surface area contributed by atoms with E-state index in [1.807, 2.05) is 13.8 Å². The molecular formula is C13H19FN2O. The molecular weight excluding hydrogens is 219 g/mol. The third kappa shape index (κ3) is 3.82. The van der Waals surface area contributed by atoms with Crippen LogP contribution in [0.4, 0.5) is 4.39 Å². The molecule has 0 aliphatic heterocycles. The first-order chi connectivity index (χ1) is 8.06. The van der Waals surface area contributed by atoms with Gasteiger partial charge >= 0.3 is 0 Å². The van der Waals surface area contributed by atoms with E-state index in [9.17, 15) is 9.18 Å². The van der Waals surface area contributed by atoms with Crippen LogP contribution in [-0.2, 0) is 0 Å². The lowest BCUT2D eigenvalue weighted by Crippen LogP contribution is -2.38. The Morgan fingerprint density at radius 1 is 1.47 bits per heavy atom. The highest BCUT2D eigenvalue weighted by atomic mass is 19.1. The number of nitrogens with two attached hydrogens (primary N) is 1. The standard InChI is InChI=1S/C13H19FN2O/c1-10(2)16(8-4-7-15)13(17)11-5-3-6-12(14)9-11/h3,5-6,9-10H,4,7-8,15H2,1-2H3. The summed E-state index contributed by atoms with van der Waals surface area (Å²) in [7, 11) is 0. The van der Waals surface area contributed by atoms with Crippen molar-refractivity contribution < 1.29 is 9.18 Å². The van der Waals surface area contributed by atoms with Crippen molar-refractivity contribution in [3.05, 3.63) is 35.6 Å². The smallest absolute Gasteiger partial charge is 0.254 e. The van der Waals surface area contributed by atoms with Crippen LogP contribution in [0.3, 0.4) is 0 Å². The van der Waals surface area contributed by atoms with E-state index in [1.165, 1.54) is 12.1 Å². The van der Waals surface area contributed by atoms with Crippen LogP contribution in [0.25, 0.3) is 0 Å². The monoisotopic (exact) mass is 238 g/mol. The van der Waals surface area contributed by atoms with Gasteiger partial charge in [0.15, 0.2) is 0 Å². The number of nitrogens with zero attached hydrogens (tertiary/aromatic N) is 1. The maximum absolute atomic E-state index is 13.1. The molecule has 0 heterocycles. The lowest BCUT2D eigenvalue weighted by Gasteiger charge is -2.26. The minimum absolute atomic E-state index is 0.0808. The minimum Gasteiger partial charge on any atom is -0.336 e. The first kappa shape index (κ1) is 13.6. The van der Waals surface area contributed by atoms with E-state index < -0.39 is 5.82 Å². The zero-order valence-electron chi connectivity index (χ0n) is 10.3. The van der Waals surface area contributed by atoms with Crippen molar-refractivity contribution in [2.24, 2.45) is 5.73 Å². The molecule has 0 saturated carbocycles. The molecule has 0 atom stereocenters. The maximum Gasteiger partial charge on any atom is 0.254 e. The first-order valence-electron chi connectivity index (χ1n) is 5.83. The number of carbonyl (C=O) groups is 1. The summed E-state index contributed by atoms with van der Waals surface area (Å²) < 4.78 is 13.1. The third-order valence-corrected chi connectivity index (χ3v) is 2.56. The number of rotatable bonds is 5. The predicted octanol–water partition coefficient (Wildman–Crippen LogP) is 2.03. The summed E-state index contributed by atoms with van der Waals surface area (Å²) in [6, 6.07) is 5.85. The van der Waals surface area contributed by atoms with Crippen molar-refractivity contribution in [1.29, 1.82) is 0 Å². The molecule has 0 fully saturated rings. The molecule has 0 aliphatic carbocycles. The largest absolute Gasteiger partial charge is 0.336 e. The zero-order valence-corrected chi connectivity index (χ0v) is 10.3. The fourth-order valence-corrected chi connectivity index (χ4v) is 1.64. The van der Waals surface area contributed by atoms with Gasteiger partial charge in [-0.25, -0.2) is 4.39 Å². The van der Waals surface area contributed by atoms with Gasteiger partial charge in [-0.2, -0.15) is 0 Å². The van der Waals surface area contributed by atoms with Gasteiger partial charge in [-0.3, -0.25) is 4.79 Å². The lowest BCUT2D eigenvalue weighted by atomic mass is 10.1. The molecule has 0 aromatic heterocycles. The molecule has 94 valence electrons. The molecule has 0 saturated heterocycles. The van der Waals surface area contributed by atoms with Gasteiger partial charge in [0.1, 0.15) is 5.82 Å². The van der Waals surface area contributed by atoms with Crippen molar-refractivity contribution in [3.63, 3.8) is 0 Å². The fraction of sp³-hybridized carbons (Fsp3) is 0.462. The highest BCUT2D eigenvalue weighted by molar-refractivity contribution is 5.94. The summed E-state index contributed by atoms with van der Waals surface area (Å²) in [5.74, 6) is -0.536. The normalized spacial score (nSPS) is 10.6. The summed E-state index contributed by atoms with van der Waals surface area (Å²) in [6.07, 6.45) is 0.749. The molecule has 1 amide bonds. The van der Waals surface area contributed by atoms with Crippen LogP contribution < -0.4 is 5.73 Å². The summed E-state index contributed by atoms with van der Waals surface area (Å²) in [5.41, 5.74) is 5.83. The van der Waals surface area contributed by atoms with Gasteiger partial charge in [0.2, 0.25) is 0 Å². The molecule has 17 heavy (non-hydrogen) atoms. The van der Waals surface area contributed by atoms with E-state index in [4.69, 9.17) is 5.73 Å². The molecule has 0 bridgehead atoms. The van der Waals surface area contributed by atoms with Crippen LogP contribution >= 0.6 is 0 Å². The van der Waals surface area contributed by atoms with Crippen LogP contribution in [0.15, 0.2) is 24.3 Å². The second-order valence-electron chi connectivity index (χ2n) is 4.24. The van der Waals surface area contributed by atoms with Crippen LogP contribution in [0.5, 0.6) is 0 Å². The minimum atomic E-state index is -0.390. The summed E-state index contributed by atoms with van der Waals surface area (Å²) in [6.45, 7) is 5.02. The number of hydrogen-bond donors (Lipinski definition) is 1. The summed E-state index contributed by atoms with van der Waals surface area (Å²) >= 11 is 0. The quantitative estimate of drug-likeness (QED) is 0.853. The number of amides is 1. The van der Waals surface area contributed by atoms with Crippen LogP contribution in [0.2, 0.25) is 0 Å². The molecule has 0 unspecified atom stereocenters. The maximum atomic E-state index is 13.1. The Balaban J connectivity index is 2.84. The first-order valence-corrected chi connectivity index (χ1v) is 5.83. The van der Waals surface area contributed by atoms with E-state index >= 15 is 0 Å². The topological polar surface area (TPSA) is 46.3 Å².